The Morgan fingerprint density at radius 1 is 1.11 bits per heavy atom. The highest BCUT2D eigenvalue weighted by molar-refractivity contribution is 6.32. The molecule has 1 saturated heterocycles. The van der Waals surface area contributed by atoms with Crippen LogP contribution >= 0.6 is 11.6 Å². The van der Waals surface area contributed by atoms with Gasteiger partial charge in [-0.3, -0.25) is 0 Å². The summed E-state index contributed by atoms with van der Waals surface area (Å²) < 4.78 is 16.7. The zero-order chi connectivity index (χ0) is 20.5. The van der Waals surface area contributed by atoms with Crippen molar-refractivity contribution >= 4 is 11.6 Å². The molecule has 1 aliphatic heterocycles. The number of aliphatic hydroxyl groups excluding tert-OH is 4. The monoisotopic (exact) mass is 418 g/mol. The van der Waals surface area contributed by atoms with Crippen LogP contribution in [0.4, 0.5) is 0 Å². The number of methoxy groups -OCH3 is 1. The highest BCUT2D eigenvalue weighted by Crippen LogP contribution is 2.40. The van der Waals surface area contributed by atoms with Crippen molar-refractivity contribution in [3.05, 3.63) is 28.8 Å². The van der Waals surface area contributed by atoms with E-state index >= 15 is 0 Å². The molecule has 1 aromatic rings. The minimum atomic E-state index is -2.34. The zero-order valence-corrected chi connectivity index (χ0v) is 16.3. The minimum Gasteiger partial charge on any atom is -0.489 e. The van der Waals surface area contributed by atoms with Crippen molar-refractivity contribution in [2.75, 3.05) is 13.7 Å². The number of hydrogen-bond acceptors (Lipinski definition) is 8. The summed E-state index contributed by atoms with van der Waals surface area (Å²) in [5.41, 5.74) is 0.0920. The molecule has 5 N–H and O–H groups in total. The first kappa shape index (κ1) is 21.7. The van der Waals surface area contributed by atoms with E-state index in [9.17, 15) is 25.5 Å². The molecule has 0 aromatic heterocycles. The van der Waals surface area contributed by atoms with E-state index in [2.05, 4.69) is 0 Å². The third-order valence-corrected chi connectivity index (χ3v) is 5.87. The van der Waals surface area contributed by atoms with Crippen LogP contribution in [0.15, 0.2) is 18.2 Å². The molecule has 8 nitrogen and oxygen atoms in total. The summed E-state index contributed by atoms with van der Waals surface area (Å²) in [6.07, 6.45) is -2.89. The quantitative estimate of drug-likeness (QED) is 0.461. The third-order valence-electron chi connectivity index (χ3n) is 5.56. The van der Waals surface area contributed by atoms with E-state index in [-0.39, 0.29) is 17.8 Å². The lowest BCUT2D eigenvalue weighted by atomic mass is 9.88. The second-order valence-electron chi connectivity index (χ2n) is 7.36. The van der Waals surface area contributed by atoms with Gasteiger partial charge in [0.15, 0.2) is 0 Å². The molecule has 158 valence electrons. The van der Waals surface area contributed by atoms with Gasteiger partial charge in [-0.05, 0) is 37.8 Å². The standard InChI is InChI=1S/C19H27ClO8/c1-26-11-3-5-12(6-4-11)27-14-8-10(2-7-13(14)20)19(25)18(24)17(23)16(22)15(9-21)28-19/h2,7-8,11-12,15-18,21-25H,3-6,9H2,1H3/t11?,12?,15-,16-,17+,18-,19-/m1/s1. The molecule has 1 aliphatic carbocycles. The van der Waals surface area contributed by atoms with E-state index in [4.69, 9.17) is 25.8 Å². The molecule has 5 atom stereocenters. The van der Waals surface area contributed by atoms with Gasteiger partial charge in [0.2, 0.25) is 5.79 Å². The average molecular weight is 419 g/mol. The topological polar surface area (TPSA) is 129 Å². The van der Waals surface area contributed by atoms with Crippen LogP contribution in [-0.4, -0.2) is 75.9 Å². The summed E-state index contributed by atoms with van der Waals surface area (Å²) in [7, 11) is 1.69. The van der Waals surface area contributed by atoms with Gasteiger partial charge in [0, 0.05) is 12.7 Å². The molecule has 0 radical (unpaired) electrons. The number of aliphatic hydroxyl groups is 5. The average Bonchev–Trinajstić information content (AvgIpc) is 2.71. The molecule has 0 spiro atoms. The van der Waals surface area contributed by atoms with Gasteiger partial charge in [-0.1, -0.05) is 17.7 Å². The van der Waals surface area contributed by atoms with Crippen molar-refractivity contribution in [3.8, 4) is 5.75 Å². The third kappa shape index (κ3) is 4.15. The summed E-state index contributed by atoms with van der Waals surface area (Å²) in [5, 5.41) is 50.9. The molecular weight excluding hydrogens is 392 g/mol. The summed E-state index contributed by atoms with van der Waals surface area (Å²) in [6, 6.07) is 4.36. The molecule has 1 saturated carbocycles. The molecule has 28 heavy (non-hydrogen) atoms. The molecule has 1 aromatic carbocycles. The van der Waals surface area contributed by atoms with Gasteiger partial charge < -0.3 is 39.7 Å². The Balaban J connectivity index is 1.82. The summed E-state index contributed by atoms with van der Waals surface area (Å²) in [5.74, 6) is -2.03. The Bertz CT molecular complexity index is 663. The van der Waals surface area contributed by atoms with Gasteiger partial charge in [0.05, 0.1) is 23.8 Å². The van der Waals surface area contributed by atoms with E-state index in [1.54, 1.807) is 7.11 Å². The van der Waals surface area contributed by atoms with Crippen LogP contribution in [-0.2, 0) is 15.3 Å². The van der Waals surface area contributed by atoms with Gasteiger partial charge in [0.25, 0.3) is 0 Å². The summed E-state index contributed by atoms with van der Waals surface area (Å²) in [6.45, 7) is -0.646. The molecular formula is C19H27ClO8. The highest BCUT2D eigenvalue weighted by atomic mass is 35.5. The smallest absolute Gasteiger partial charge is 0.222 e. The van der Waals surface area contributed by atoms with Crippen molar-refractivity contribution in [2.24, 2.45) is 0 Å². The molecule has 1 heterocycles. The summed E-state index contributed by atoms with van der Waals surface area (Å²) in [4.78, 5) is 0. The minimum absolute atomic E-state index is 0.0661. The van der Waals surface area contributed by atoms with E-state index in [0.29, 0.717) is 10.8 Å². The Morgan fingerprint density at radius 2 is 1.75 bits per heavy atom. The fourth-order valence-electron chi connectivity index (χ4n) is 3.77. The maximum atomic E-state index is 10.9. The maximum Gasteiger partial charge on any atom is 0.222 e. The molecule has 0 unspecified atom stereocenters. The highest BCUT2D eigenvalue weighted by Gasteiger charge is 2.53. The van der Waals surface area contributed by atoms with E-state index in [1.165, 1.54) is 18.2 Å². The number of benzene rings is 1. The Labute approximate surface area is 168 Å². The molecule has 2 aliphatic rings. The van der Waals surface area contributed by atoms with Crippen LogP contribution < -0.4 is 4.74 Å². The first-order chi connectivity index (χ1) is 13.3. The van der Waals surface area contributed by atoms with Gasteiger partial charge >= 0.3 is 0 Å². The second-order valence-corrected chi connectivity index (χ2v) is 7.77. The van der Waals surface area contributed by atoms with Crippen LogP contribution in [0.25, 0.3) is 0 Å². The van der Waals surface area contributed by atoms with Crippen molar-refractivity contribution in [1.29, 1.82) is 0 Å². The first-order valence-corrected chi connectivity index (χ1v) is 9.72. The van der Waals surface area contributed by atoms with Gasteiger partial charge in [-0.25, -0.2) is 0 Å². The SMILES string of the molecule is COC1CCC(Oc2cc([C@@]3(O)O[C@H](CO)[C@@H](O)[C@H](O)[C@H]3O)ccc2Cl)CC1. The number of ether oxygens (including phenoxy) is 3. The lowest BCUT2D eigenvalue weighted by Crippen LogP contribution is -2.63. The van der Waals surface area contributed by atoms with Gasteiger partial charge in [0.1, 0.15) is 30.2 Å². The van der Waals surface area contributed by atoms with Crippen LogP contribution in [0.2, 0.25) is 5.02 Å². The second kappa shape index (κ2) is 8.81. The largest absolute Gasteiger partial charge is 0.489 e. The lowest BCUT2D eigenvalue weighted by molar-refractivity contribution is -0.357. The first-order valence-electron chi connectivity index (χ1n) is 9.34. The summed E-state index contributed by atoms with van der Waals surface area (Å²) >= 11 is 6.24. The normalized spacial score (nSPS) is 39.0. The molecule has 9 heteroatoms. The van der Waals surface area contributed by atoms with E-state index in [1.807, 2.05) is 0 Å². The Hall–Kier alpha value is -0.970. The Kier molecular flexibility index (Phi) is 6.84. The zero-order valence-electron chi connectivity index (χ0n) is 15.6. The van der Waals surface area contributed by atoms with Crippen LogP contribution in [0.5, 0.6) is 5.75 Å². The van der Waals surface area contributed by atoms with E-state index in [0.717, 1.165) is 25.7 Å². The molecule has 0 bridgehead atoms. The molecule has 0 amide bonds. The van der Waals surface area contributed by atoms with Crippen molar-refractivity contribution < 1.29 is 39.7 Å². The number of hydrogen-bond donors (Lipinski definition) is 5. The number of halogens is 1. The van der Waals surface area contributed by atoms with Gasteiger partial charge in [-0.15, -0.1) is 0 Å². The van der Waals surface area contributed by atoms with Crippen LogP contribution in [0.1, 0.15) is 31.2 Å². The molecule has 3 rings (SSSR count). The van der Waals surface area contributed by atoms with E-state index < -0.39 is 36.8 Å². The predicted molar refractivity (Wildman–Crippen MR) is 99.0 cm³/mol. The van der Waals surface area contributed by atoms with Crippen LogP contribution in [0, 0.1) is 0 Å². The van der Waals surface area contributed by atoms with Crippen LogP contribution in [0.3, 0.4) is 0 Å². The maximum absolute atomic E-state index is 10.9. The Morgan fingerprint density at radius 3 is 2.36 bits per heavy atom. The fourth-order valence-corrected chi connectivity index (χ4v) is 3.94. The van der Waals surface area contributed by atoms with Crippen molar-refractivity contribution in [2.45, 2.75) is 68.1 Å². The van der Waals surface area contributed by atoms with Gasteiger partial charge in [-0.2, -0.15) is 0 Å². The molecule has 2 fully saturated rings. The lowest BCUT2D eigenvalue weighted by Gasteiger charge is -2.45. The predicted octanol–water partition coefficient (Wildman–Crippen LogP) is 0.295. The van der Waals surface area contributed by atoms with Crippen molar-refractivity contribution in [1.82, 2.24) is 0 Å². The number of rotatable bonds is 5. The fraction of sp³-hybridized carbons (Fsp3) is 0.684. The van der Waals surface area contributed by atoms with Crippen molar-refractivity contribution in [3.63, 3.8) is 0 Å².